The molecule has 16 heteroatoms. The van der Waals surface area contributed by atoms with Crippen LogP contribution in [0.1, 0.15) is 11.4 Å². The van der Waals surface area contributed by atoms with E-state index >= 15 is 0 Å². The van der Waals surface area contributed by atoms with E-state index in [2.05, 4.69) is 20.3 Å². The molecule has 0 unspecified atom stereocenters. The number of benzene rings is 2. The smallest absolute Gasteiger partial charge is 0.332 e. The number of ether oxygens (including phenoxy) is 4. The number of nitrogens with one attached hydrogen (secondary N) is 2. The third kappa shape index (κ3) is 6.16. The molecular weight excluding hydrogens is 572 g/mol. The van der Waals surface area contributed by atoms with Gasteiger partial charge < -0.3 is 34.5 Å². The van der Waals surface area contributed by atoms with Crippen molar-refractivity contribution >= 4 is 28.7 Å². The van der Waals surface area contributed by atoms with E-state index in [1.54, 1.807) is 0 Å². The lowest BCUT2D eigenvalue weighted by atomic mass is 10.2. The summed E-state index contributed by atoms with van der Waals surface area (Å²) in [5.74, 6) is -3.13. The Balaban J connectivity index is 1.82. The summed E-state index contributed by atoms with van der Waals surface area (Å²) in [6.45, 7) is -1.91. The topological polar surface area (TPSA) is 170 Å². The van der Waals surface area contributed by atoms with E-state index in [9.17, 15) is 23.5 Å². The van der Waals surface area contributed by atoms with Crippen molar-refractivity contribution < 1.29 is 42.7 Å². The van der Waals surface area contributed by atoms with E-state index in [1.807, 2.05) is 0 Å². The number of hydrogen-bond donors (Lipinski definition) is 4. The number of aliphatic hydroxyl groups excluding tert-OH is 2. The van der Waals surface area contributed by atoms with Crippen molar-refractivity contribution in [2.45, 2.75) is 13.2 Å². The van der Waals surface area contributed by atoms with Crippen molar-refractivity contribution in [2.24, 2.45) is 0 Å². The van der Waals surface area contributed by atoms with Crippen LogP contribution < -0.4 is 30.0 Å². The summed E-state index contributed by atoms with van der Waals surface area (Å²) in [5, 5.41) is 20.9. The highest BCUT2D eigenvalue weighted by molar-refractivity contribution is 6.32. The summed E-state index contributed by atoms with van der Waals surface area (Å²) < 4.78 is 51.3. The van der Waals surface area contributed by atoms with Gasteiger partial charge >= 0.3 is 5.69 Å². The molecule has 4 aromatic rings. The van der Waals surface area contributed by atoms with Crippen LogP contribution in [0, 0.1) is 11.6 Å². The molecule has 0 fully saturated rings. The second-order valence-electron chi connectivity index (χ2n) is 8.21. The van der Waals surface area contributed by atoms with Crippen LogP contribution in [0.3, 0.4) is 0 Å². The van der Waals surface area contributed by atoms with Crippen LogP contribution in [0.4, 0.5) is 8.78 Å². The molecular formula is C25H24ClF2N5O8. The molecule has 2 aromatic heterocycles. The summed E-state index contributed by atoms with van der Waals surface area (Å²) in [4.78, 5) is 35.9. The maximum absolute atomic E-state index is 14.6. The minimum Gasteiger partial charge on any atom is -0.496 e. The molecule has 0 aliphatic heterocycles. The van der Waals surface area contributed by atoms with Crippen LogP contribution in [-0.2, 0) is 18.0 Å². The van der Waals surface area contributed by atoms with Gasteiger partial charge in [0.1, 0.15) is 24.5 Å². The summed E-state index contributed by atoms with van der Waals surface area (Å²) in [6, 6.07) is 4.65. The zero-order valence-electron chi connectivity index (χ0n) is 21.7. The molecule has 0 spiro atoms. The normalized spacial score (nSPS) is 11.0. The average Bonchev–Trinajstić information content (AvgIpc) is 3.30. The van der Waals surface area contributed by atoms with Gasteiger partial charge in [-0.15, -0.1) is 0 Å². The first-order valence-electron chi connectivity index (χ1n) is 11.9. The minimum atomic E-state index is -1.20. The summed E-state index contributed by atoms with van der Waals surface area (Å²) in [6.07, 6.45) is 0. The molecule has 4 N–H and O–H groups in total. The zero-order chi connectivity index (χ0) is 29.7. The van der Waals surface area contributed by atoms with Gasteiger partial charge in [-0.3, -0.25) is 9.78 Å². The molecule has 0 atom stereocenters. The van der Waals surface area contributed by atoms with E-state index in [0.29, 0.717) is 0 Å². The number of hydrogen-bond acceptors (Lipinski definition) is 10. The standard InChI is InChI=1S/C25H24ClF2N5O8/c1-38-16-4-3-14(27)21(28)12(16)10-40-18-8-15(13(26)7-17(18)41-11-20(36)29-5-6-34)33-23-22(32-25(33)37)24(39-2)31-19(9-35)30-23/h3-4,7-8,34-35H,5-6,9-11H2,1-2H3,(H,29,36)(H,32,37). The number of aromatic nitrogens is 4. The lowest BCUT2D eigenvalue weighted by molar-refractivity contribution is -0.123. The fourth-order valence-electron chi connectivity index (χ4n) is 3.81. The molecule has 2 aromatic carbocycles. The number of fused-ring (bicyclic) bond motifs is 1. The lowest BCUT2D eigenvalue weighted by Crippen LogP contribution is -2.31. The Bertz CT molecular complexity index is 1650. The molecule has 0 saturated heterocycles. The SMILES string of the molecule is COc1ccc(F)c(F)c1COc1cc(-n2c(=O)[nH]c3c(OC)nc(CO)nc32)c(Cl)cc1OCC(=O)NCCO. The van der Waals surface area contributed by atoms with Gasteiger partial charge in [0.25, 0.3) is 5.91 Å². The van der Waals surface area contributed by atoms with Gasteiger partial charge in [-0.2, -0.15) is 4.98 Å². The predicted molar refractivity (Wildman–Crippen MR) is 140 cm³/mol. The molecule has 4 rings (SSSR count). The van der Waals surface area contributed by atoms with Crippen LogP contribution in [0.2, 0.25) is 5.02 Å². The van der Waals surface area contributed by atoms with Crippen molar-refractivity contribution in [3.05, 3.63) is 62.8 Å². The molecule has 0 aliphatic rings. The predicted octanol–water partition coefficient (Wildman–Crippen LogP) is 1.62. The molecule has 0 saturated carbocycles. The Labute approximate surface area is 235 Å². The Morgan fingerprint density at radius 1 is 1.10 bits per heavy atom. The Hall–Kier alpha value is -4.47. The third-order valence-corrected chi connectivity index (χ3v) is 5.98. The second kappa shape index (κ2) is 12.8. The Morgan fingerprint density at radius 2 is 1.85 bits per heavy atom. The van der Waals surface area contributed by atoms with E-state index < -0.39 is 43.1 Å². The molecule has 13 nitrogen and oxygen atoms in total. The number of amides is 1. The van der Waals surface area contributed by atoms with Gasteiger partial charge in [-0.1, -0.05) is 11.6 Å². The summed E-state index contributed by atoms with van der Waals surface area (Å²) in [5.41, 5.74) is -0.809. The monoisotopic (exact) mass is 595 g/mol. The number of halogens is 3. The lowest BCUT2D eigenvalue weighted by Gasteiger charge is -2.17. The maximum Gasteiger partial charge on any atom is 0.332 e. The number of carbonyl (C=O) groups is 1. The van der Waals surface area contributed by atoms with Crippen molar-refractivity contribution in [1.29, 1.82) is 0 Å². The summed E-state index contributed by atoms with van der Waals surface area (Å²) >= 11 is 6.53. The quantitative estimate of drug-likeness (QED) is 0.189. The van der Waals surface area contributed by atoms with Gasteiger partial charge in [0.15, 0.2) is 41.2 Å². The van der Waals surface area contributed by atoms with Crippen molar-refractivity contribution in [2.75, 3.05) is 34.0 Å². The highest BCUT2D eigenvalue weighted by Crippen LogP contribution is 2.37. The van der Waals surface area contributed by atoms with E-state index in [-0.39, 0.29) is 69.5 Å². The first-order valence-corrected chi connectivity index (χ1v) is 12.2. The fraction of sp³-hybridized carbons (Fsp3) is 0.280. The molecule has 1 amide bonds. The first kappa shape index (κ1) is 29.5. The maximum atomic E-state index is 14.6. The zero-order valence-corrected chi connectivity index (χ0v) is 22.4. The van der Waals surface area contributed by atoms with E-state index in [0.717, 1.165) is 10.6 Å². The Kier molecular flexibility index (Phi) is 9.21. The van der Waals surface area contributed by atoms with Crippen molar-refractivity contribution in [1.82, 2.24) is 24.8 Å². The molecule has 0 bridgehead atoms. The molecule has 0 aliphatic carbocycles. The summed E-state index contributed by atoms with van der Waals surface area (Å²) in [7, 11) is 2.59. The molecule has 218 valence electrons. The number of imidazole rings is 1. The number of carbonyl (C=O) groups excluding carboxylic acids is 1. The molecule has 2 heterocycles. The number of nitrogens with zero attached hydrogens (tertiary/aromatic N) is 3. The number of H-pyrrole nitrogens is 1. The largest absolute Gasteiger partial charge is 0.496 e. The van der Waals surface area contributed by atoms with Gasteiger partial charge in [0, 0.05) is 18.7 Å². The molecule has 41 heavy (non-hydrogen) atoms. The fourth-order valence-corrected chi connectivity index (χ4v) is 4.04. The van der Waals surface area contributed by atoms with Gasteiger partial charge in [0.05, 0.1) is 37.1 Å². The Morgan fingerprint density at radius 3 is 2.54 bits per heavy atom. The van der Waals surface area contributed by atoms with E-state index in [1.165, 1.54) is 32.4 Å². The number of rotatable bonds is 12. The van der Waals surface area contributed by atoms with Crippen LogP contribution >= 0.6 is 11.6 Å². The van der Waals surface area contributed by atoms with Crippen molar-refractivity contribution in [3.8, 4) is 28.8 Å². The van der Waals surface area contributed by atoms with Crippen LogP contribution in [0.25, 0.3) is 16.9 Å². The van der Waals surface area contributed by atoms with Crippen LogP contribution in [0.5, 0.6) is 23.1 Å². The number of aliphatic hydroxyl groups is 2. The van der Waals surface area contributed by atoms with Crippen LogP contribution in [-0.4, -0.2) is 69.6 Å². The van der Waals surface area contributed by atoms with Gasteiger partial charge in [-0.05, 0) is 12.1 Å². The number of aromatic amines is 1. The first-order chi connectivity index (χ1) is 19.7. The minimum absolute atomic E-state index is 0.00544. The van der Waals surface area contributed by atoms with Gasteiger partial charge in [0.2, 0.25) is 5.88 Å². The second-order valence-corrected chi connectivity index (χ2v) is 8.62. The third-order valence-electron chi connectivity index (χ3n) is 5.68. The van der Waals surface area contributed by atoms with E-state index in [4.69, 9.17) is 35.7 Å². The van der Waals surface area contributed by atoms with Gasteiger partial charge in [-0.25, -0.2) is 23.1 Å². The van der Waals surface area contributed by atoms with Crippen molar-refractivity contribution in [3.63, 3.8) is 0 Å². The van der Waals surface area contributed by atoms with Crippen LogP contribution in [0.15, 0.2) is 29.1 Å². The average molecular weight is 596 g/mol. The highest BCUT2D eigenvalue weighted by atomic mass is 35.5. The molecule has 0 radical (unpaired) electrons. The number of methoxy groups -OCH3 is 2. The highest BCUT2D eigenvalue weighted by Gasteiger charge is 2.22.